The molecule has 0 spiro atoms. The van der Waals surface area contributed by atoms with Crippen molar-refractivity contribution in [3.63, 3.8) is 0 Å². The van der Waals surface area contributed by atoms with E-state index in [4.69, 9.17) is 11.6 Å². The van der Waals surface area contributed by atoms with Gasteiger partial charge in [0.15, 0.2) is 0 Å². The molecule has 1 unspecified atom stereocenters. The fourth-order valence-corrected chi connectivity index (χ4v) is 2.87. The number of halogens is 3. The van der Waals surface area contributed by atoms with Gasteiger partial charge in [-0.15, -0.1) is 11.6 Å². The van der Waals surface area contributed by atoms with Crippen LogP contribution in [0, 0.1) is 5.82 Å². The first-order valence-corrected chi connectivity index (χ1v) is 7.82. The molecule has 0 aliphatic rings. The molecular weight excluding hydrogens is 355 g/mol. The topological polar surface area (TPSA) is 17.8 Å². The molecule has 21 heavy (non-hydrogen) atoms. The first-order chi connectivity index (χ1) is 10.0. The molecule has 0 saturated carbocycles. The van der Waals surface area contributed by atoms with Gasteiger partial charge in [-0.05, 0) is 42.8 Å². The highest BCUT2D eigenvalue weighted by Gasteiger charge is 2.15. The van der Waals surface area contributed by atoms with Crippen molar-refractivity contribution in [3.05, 3.63) is 64.1 Å². The number of hydrogen-bond donors (Lipinski definition) is 0. The first kappa shape index (κ1) is 14.5. The summed E-state index contributed by atoms with van der Waals surface area (Å²) in [5.41, 5.74) is 2.92. The fourth-order valence-electron chi connectivity index (χ4n) is 2.36. The van der Waals surface area contributed by atoms with E-state index < -0.39 is 0 Å². The molecule has 0 saturated heterocycles. The summed E-state index contributed by atoms with van der Waals surface area (Å²) in [6.07, 6.45) is 0. The van der Waals surface area contributed by atoms with Gasteiger partial charge < -0.3 is 4.57 Å². The van der Waals surface area contributed by atoms with E-state index in [-0.39, 0.29) is 11.2 Å². The lowest BCUT2D eigenvalue weighted by molar-refractivity contribution is 0.626. The Hall–Kier alpha value is -1.39. The molecule has 3 rings (SSSR count). The molecule has 2 aromatic carbocycles. The van der Waals surface area contributed by atoms with Gasteiger partial charge >= 0.3 is 0 Å². The highest BCUT2D eigenvalue weighted by molar-refractivity contribution is 9.10. The molecule has 1 aromatic heterocycles. The lowest BCUT2D eigenvalue weighted by atomic mass is 10.2. The van der Waals surface area contributed by atoms with E-state index in [0.29, 0.717) is 6.54 Å². The van der Waals surface area contributed by atoms with Gasteiger partial charge in [-0.3, -0.25) is 0 Å². The van der Waals surface area contributed by atoms with Crippen LogP contribution in [0.3, 0.4) is 0 Å². The second-order valence-corrected chi connectivity index (χ2v) is 6.50. The largest absolute Gasteiger partial charge is 0.322 e. The number of alkyl halides is 1. The Morgan fingerprint density at radius 1 is 1.24 bits per heavy atom. The van der Waals surface area contributed by atoms with E-state index in [9.17, 15) is 4.39 Å². The van der Waals surface area contributed by atoms with Gasteiger partial charge in [0.25, 0.3) is 0 Å². The van der Waals surface area contributed by atoms with Crippen molar-refractivity contribution < 1.29 is 4.39 Å². The molecule has 108 valence electrons. The van der Waals surface area contributed by atoms with Gasteiger partial charge in [0.2, 0.25) is 0 Å². The highest BCUT2D eigenvalue weighted by atomic mass is 79.9. The molecule has 5 heteroatoms. The summed E-state index contributed by atoms with van der Waals surface area (Å²) in [4.78, 5) is 4.60. The van der Waals surface area contributed by atoms with Crippen molar-refractivity contribution in [1.29, 1.82) is 0 Å². The summed E-state index contributed by atoms with van der Waals surface area (Å²) >= 11 is 9.74. The molecule has 0 radical (unpaired) electrons. The predicted molar refractivity (Wildman–Crippen MR) is 87.2 cm³/mol. The zero-order valence-electron chi connectivity index (χ0n) is 11.4. The molecule has 0 N–H and O–H groups in total. The minimum absolute atomic E-state index is 0.198. The first-order valence-electron chi connectivity index (χ1n) is 6.59. The van der Waals surface area contributed by atoms with Crippen LogP contribution in [0.15, 0.2) is 46.9 Å². The molecule has 0 fully saturated rings. The van der Waals surface area contributed by atoms with Crippen molar-refractivity contribution in [3.8, 4) is 0 Å². The highest BCUT2D eigenvalue weighted by Crippen LogP contribution is 2.27. The molecule has 3 aromatic rings. The molecule has 1 atom stereocenters. The van der Waals surface area contributed by atoms with Crippen molar-refractivity contribution >= 4 is 38.6 Å². The molecule has 0 amide bonds. The standard InChI is InChI=1S/C16H13BrClFN2/c1-10(18)16-20-14-7-4-12(17)8-15(14)21(16)9-11-2-5-13(19)6-3-11/h2-8,10H,9H2,1H3. The second-order valence-electron chi connectivity index (χ2n) is 4.93. The number of fused-ring (bicyclic) bond motifs is 1. The smallest absolute Gasteiger partial charge is 0.128 e. The van der Waals surface area contributed by atoms with Gasteiger partial charge in [0.1, 0.15) is 11.6 Å². The molecule has 0 aliphatic heterocycles. The molecule has 1 heterocycles. The fraction of sp³-hybridized carbons (Fsp3) is 0.188. The lowest BCUT2D eigenvalue weighted by Gasteiger charge is -2.11. The van der Waals surface area contributed by atoms with Crippen molar-refractivity contribution in [2.45, 2.75) is 18.8 Å². The third-order valence-electron chi connectivity index (χ3n) is 3.35. The monoisotopic (exact) mass is 366 g/mol. The number of nitrogens with zero attached hydrogens (tertiary/aromatic N) is 2. The van der Waals surface area contributed by atoms with E-state index in [2.05, 4.69) is 25.5 Å². The quantitative estimate of drug-likeness (QED) is 0.575. The summed E-state index contributed by atoms with van der Waals surface area (Å²) < 4.78 is 16.1. The van der Waals surface area contributed by atoms with Crippen LogP contribution in [0.4, 0.5) is 4.39 Å². The van der Waals surface area contributed by atoms with Gasteiger partial charge in [0.05, 0.1) is 16.4 Å². The summed E-state index contributed by atoms with van der Waals surface area (Å²) in [6, 6.07) is 12.4. The zero-order chi connectivity index (χ0) is 15.0. The summed E-state index contributed by atoms with van der Waals surface area (Å²) in [6.45, 7) is 2.51. The molecule has 2 nitrogen and oxygen atoms in total. The van der Waals surface area contributed by atoms with Crippen LogP contribution in [-0.2, 0) is 6.54 Å². The molecular formula is C16H13BrClFN2. The maximum absolute atomic E-state index is 13.0. The predicted octanol–water partition coefficient (Wildman–Crippen LogP) is 5.29. The third kappa shape index (κ3) is 2.97. The molecule has 0 bridgehead atoms. The minimum atomic E-state index is -0.233. The number of hydrogen-bond acceptors (Lipinski definition) is 1. The SMILES string of the molecule is CC(Cl)c1nc2ccc(Br)cc2n1Cc1ccc(F)cc1. The Morgan fingerprint density at radius 3 is 2.62 bits per heavy atom. The van der Waals surface area contributed by atoms with E-state index >= 15 is 0 Å². The van der Waals surface area contributed by atoms with Crippen LogP contribution >= 0.6 is 27.5 Å². The van der Waals surface area contributed by atoms with Gasteiger partial charge in [-0.1, -0.05) is 28.1 Å². The van der Waals surface area contributed by atoms with Gasteiger partial charge in [0, 0.05) is 11.0 Å². The van der Waals surface area contributed by atoms with Gasteiger partial charge in [-0.2, -0.15) is 0 Å². The number of imidazole rings is 1. The Labute approximate surface area is 135 Å². The normalized spacial score (nSPS) is 12.8. The lowest BCUT2D eigenvalue weighted by Crippen LogP contribution is -2.05. The van der Waals surface area contributed by atoms with E-state index in [0.717, 1.165) is 26.9 Å². The second kappa shape index (κ2) is 5.78. The van der Waals surface area contributed by atoms with Crippen molar-refractivity contribution in [1.82, 2.24) is 9.55 Å². The number of rotatable bonds is 3. The Balaban J connectivity index is 2.12. The van der Waals surface area contributed by atoms with Crippen LogP contribution in [0.25, 0.3) is 11.0 Å². The Bertz CT molecular complexity index is 781. The number of benzene rings is 2. The van der Waals surface area contributed by atoms with E-state index in [1.807, 2.05) is 25.1 Å². The van der Waals surface area contributed by atoms with E-state index in [1.54, 1.807) is 12.1 Å². The van der Waals surface area contributed by atoms with Crippen LogP contribution in [0.2, 0.25) is 0 Å². The summed E-state index contributed by atoms with van der Waals surface area (Å²) in [5, 5.41) is -0.198. The summed E-state index contributed by atoms with van der Waals surface area (Å²) in [5.74, 6) is 0.581. The van der Waals surface area contributed by atoms with Crippen LogP contribution < -0.4 is 0 Å². The summed E-state index contributed by atoms with van der Waals surface area (Å²) in [7, 11) is 0. The van der Waals surface area contributed by atoms with Crippen LogP contribution in [0.1, 0.15) is 23.7 Å². The van der Waals surface area contributed by atoms with Crippen molar-refractivity contribution in [2.75, 3.05) is 0 Å². The Morgan fingerprint density at radius 2 is 1.95 bits per heavy atom. The van der Waals surface area contributed by atoms with Crippen LogP contribution in [0.5, 0.6) is 0 Å². The Kier molecular flexibility index (Phi) is 4.00. The average molecular weight is 368 g/mol. The molecule has 0 aliphatic carbocycles. The van der Waals surface area contributed by atoms with Crippen LogP contribution in [-0.4, -0.2) is 9.55 Å². The third-order valence-corrected chi connectivity index (χ3v) is 4.04. The average Bonchev–Trinajstić information content (AvgIpc) is 2.80. The minimum Gasteiger partial charge on any atom is -0.322 e. The van der Waals surface area contributed by atoms with Crippen molar-refractivity contribution in [2.24, 2.45) is 0 Å². The maximum Gasteiger partial charge on any atom is 0.128 e. The zero-order valence-corrected chi connectivity index (χ0v) is 13.7. The van der Waals surface area contributed by atoms with E-state index in [1.165, 1.54) is 12.1 Å². The number of aromatic nitrogens is 2. The van der Waals surface area contributed by atoms with Gasteiger partial charge in [-0.25, -0.2) is 9.37 Å². The maximum atomic E-state index is 13.0.